The van der Waals surface area contributed by atoms with Crippen LogP contribution in [0.2, 0.25) is 0 Å². The maximum Gasteiger partial charge on any atom is 0.248 e. The van der Waals surface area contributed by atoms with E-state index in [2.05, 4.69) is 5.32 Å². The molecule has 2 nitrogen and oxygen atoms in total. The summed E-state index contributed by atoms with van der Waals surface area (Å²) in [5.41, 5.74) is 2.70. The lowest BCUT2D eigenvalue weighted by molar-refractivity contribution is -0.111. The fraction of sp³-hybridized carbons (Fsp3) is 0.118. The van der Waals surface area contributed by atoms with Gasteiger partial charge in [0.25, 0.3) is 0 Å². The monoisotopic (exact) mass is 269 g/mol. The molecule has 2 aromatic carbocycles. The average Bonchev–Trinajstić information content (AvgIpc) is 2.47. The summed E-state index contributed by atoms with van der Waals surface area (Å²) in [4.78, 5) is 11.8. The van der Waals surface area contributed by atoms with E-state index in [1.54, 1.807) is 18.2 Å². The zero-order valence-corrected chi connectivity index (χ0v) is 11.3. The van der Waals surface area contributed by atoms with Crippen LogP contribution in [-0.2, 0) is 11.2 Å². The number of hydrogen-bond donors (Lipinski definition) is 1. The Bertz CT molecular complexity index is 617. The zero-order valence-electron chi connectivity index (χ0n) is 11.3. The molecule has 0 heterocycles. The Morgan fingerprint density at radius 1 is 1.15 bits per heavy atom. The second kappa shape index (κ2) is 6.66. The Balaban J connectivity index is 2.03. The highest BCUT2D eigenvalue weighted by Crippen LogP contribution is 2.15. The second-order valence-corrected chi connectivity index (χ2v) is 4.38. The normalized spacial score (nSPS) is 10.7. The summed E-state index contributed by atoms with van der Waals surface area (Å²) in [6, 6.07) is 13.7. The molecule has 0 bridgehead atoms. The molecule has 0 aliphatic carbocycles. The highest BCUT2D eigenvalue weighted by molar-refractivity contribution is 6.02. The number of hydrogen-bond acceptors (Lipinski definition) is 1. The van der Waals surface area contributed by atoms with Gasteiger partial charge < -0.3 is 5.32 Å². The van der Waals surface area contributed by atoms with Gasteiger partial charge in [-0.05, 0) is 41.8 Å². The standard InChI is InChI=1S/C17H16FNO/c1-2-14-5-3-4-6-16(14)19-17(20)12-9-13-7-10-15(18)11-8-13/h3-12H,2H2,1H3,(H,19,20)/b12-9+. The maximum absolute atomic E-state index is 12.8. The van der Waals surface area contributed by atoms with Gasteiger partial charge in [0.15, 0.2) is 0 Å². The highest BCUT2D eigenvalue weighted by Gasteiger charge is 2.02. The van der Waals surface area contributed by atoms with Gasteiger partial charge in [0, 0.05) is 11.8 Å². The van der Waals surface area contributed by atoms with Crippen molar-refractivity contribution in [2.24, 2.45) is 0 Å². The van der Waals surface area contributed by atoms with E-state index in [4.69, 9.17) is 0 Å². The zero-order chi connectivity index (χ0) is 14.4. The number of rotatable bonds is 4. The molecule has 0 aliphatic rings. The number of nitrogens with one attached hydrogen (secondary N) is 1. The van der Waals surface area contributed by atoms with Gasteiger partial charge in [-0.25, -0.2) is 4.39 Å². The van der Waals surface area contributed by atoms with Crippen LogP contribution in [0.3, 0.4) is 0 Å². The molecule has 2 aromatic rings. The predicted octanol–water partition coefficient (Wildman–Crippen LogP) is 4.04. The predicted molar refractivity (Wildman–Crippen MR) is 79.9 cm³/mol. The average molecular weight is 269 g/mol. The Morgan fingerprint density at radius 3 is 2.55 bits per heavy atom. The minimum absolute atomic E-state index is 0.199. The molecule has 0 aliphatic heterocycles. The molecule has 0 atom stereocenters. The smallest absolute Gasteiger partial charge is 0.248 e. The first-order valence-electron chi connectivity index (χ1n) is 6.51. The third kappa shape index (κ3) is 3.79. The SMILES string of the molecule is CCc1ccccc1NC(=O)/C=C/c1ccc(F)cc1. The summed E-state index contributed by atoms with van der Waals surface area (Å²) in [5.74, 6) is -0.487. The van der Waals surface area contributed by atoms with Crippen LogP contribution in [-0.4, -0.2) is 5.91 Å². The van der Waals surface area contributed by atoms with Crippen molar-refractivity contribution in [2.45, 2.75) is 13.3 Å². The van der Waals surface area contributed by atoms with Crippen LogP contribution >= 0.6 is 0 Å². The Morgan fingerprint density at radius 2 is 1.85 bits per heavy atom. The summed E-state index contributed by atoms with van der Waals surface area (Å²) in [6.07, 6.45) is 3.96. The van der Waals surface area contributed by atoms with E-state index in [1.807, 2.05) is 31.2 Å². The quantitative estimate of drug-likeness (QED) is 0.834. The number of anilines is 1. The van der Waals surface area contributed by atoms with Crippen molar-refractivity contribution in [1.29, 1.82) is 0 Å². The first kappa shape index (κ1) is 14.0. The Hall–Kier alpha value is -2.42. The second-order valence-electron chi connectivity index (χ2n) is 4.38. The fourth-order valence-electron chi connectivity index (χ4n) is 1.87. The lowest BCUT2D eigenvalue weighted by atomic mass is 10.1. The molecule has 1 N–H and O–H groups in total. The van der Waals surface area contributed by atoms with Gasteiger partial charge in [0.2, 0.25) is 5.91 Å². The number of carbonyl (C=O) groups is 1. The topological polar surface area (TPSA) is 29.1 Å². The van der Waals surface area contributed by atoms with Gasteiger partial charge in [-0.2, -0.15) is 0 Å². The summed E-state index contributed by atoms with van der Waals surface area (Å²) < 4.78 is 12.8. The van der Waals surface area contributed by atoms with Crippen molar-refractivity contribution in [3.05, 3.63) is 71.6 Å². The molecule has 3 heteroatoms. The Kier molecular flexibility index (Phi) is 4.66. The molecule has 0 radical (unpaired) electrons. The van der Waals surface area contributed by atoms with Gasteiger partial charge in [0.05, 0.1) is 0 Å². The third-order valence-corrected chi connectivity index (χ3v) is 2.95. The number of amides is 1. The molecule has 0 aromatic heterocycles. The molecular weight excluding hydrogens is 253 g/mol. The van der Waals surface area contributed by atoms with Crippen LogP contribution < -0.4 is 5.32 Å². The minimum Gasteiger partial charge on any atom is -0.322 e. The lowest BCUT2D eigenvalue weighted by Gasteiger charge is -2.07. The summed E-state index contributed by atoms with van der Waals surface area (Å²) in [5, 5.41) is 2.84. The molecule has 0 saturated heterocycles. The van der Waals surface area contributed by atoms with Crippen LogP contribution in [0.4, 0.5) is 10.1 Å². The number of halogens is 1. The summed E-state index contributed by atoms with van der Waals surface area (Å²) in [7, 11) is 0. The van der Waals surface area contributed by atoms with E-state index in [1.165, 1.54) is 18.2 Å². The number of carbonyl (C=O) groups excluding carboxylic acids is 1. The lowest BCUT2D eigenvalue weighted by Crippen LogP contribution is -2.09. The van der Waals surface area contributed by atoms with Crippen molar-refractivity contribution >= 4 is 17.7 Å². The number of aryl methyl sites for hydroxylation is 1. The third-order valence-electron chi connectivity index (χ3n) is 2.95. The summed E-state index contributed by atoms with van der Waals surface area (Å²) in [6.45, 7) is 2.04. The van der Waals surface area contributed by atoms with E-state index in [9.17, 15) is 9.18 Å². The van der Waals surface area contributed by atoms with Gasteiger partial charge in [-0.3, -0.25) is 4.79 Å². The largest absolute Gasteiger partial charge is 0.322 e. The van der Waals surface area contributed by atoms with Gasteiger partial charge in [-0.1, -0.05) is 37.3 Å². The number of benzene rings is 2. The minimum atomic E-state index is -0.288. The van der Waals surface area contributed by atoms with E-state index in [-0.39, 0.29) is 11.7 Å². The van der Waals surface area contributed by atoms with Gasteiger partial charge >= 0.3 is 0 Å². The van der Waals surface area contributed by atoms with Gasteiger partial charge in [-0.15, -0.1) is 0 Å². The van der Waals surface area contributed by atoms with Crippen molar-refractivity contribution in [2.75, 3.05) is 5.32 Å². The Labute approximate surface area is 118 Å². The first-order valence-corrected chi connectivity index (χ1v) is 6.51. The molecule has 102 valence electrons. The maximum atomic E-state index is 12.8. The van der Waals surface area contributed by atoms with E-state index < -0.39 is 0 Å². The van der Waals surface area contributed by atoms with Crippen LogP contribution in [0.15, 0.2) is 54.6 Å². The van der Waals surface area contributed by atoms with Crippen LogP contribution in [0.1, 0.15) is 18.1 Å². The molecular formula is C17H16FNO. The van der Waals surface area contributed by atoms with Crippen molar-refractivity contribution < 1.29 is 9.18 Å². The van der Waals surface area contributed by atoms with E-state index in [0.29, 0.717) is 0 Å². The molecule has 0 saturated carbocycles. The molecule has 0 unspecified atom stereocenters. The van der Waals surface area contributed by atoms with Crippen molar-refractivity contribution in [3.8, 4) is 0 Å². The van der Waals surface area contributed by atoms with Crippen LogP contribution in [0, 0.1) is 5.82 Å². The first-order chi connectivity index (χ1) is 9.69. The molecule has 0 spiro atoms. The molecule has 0 fully saturated rings. The van der Waals surface area contributed by atoms with E-state index in [0.717, 1.165) is 23.2 Å². The van der Waals surface area contributed by atoms with Crippen molar-refractivity contribution in [3.63, 3.8) is 0 Å². The van der Waals surface area contributed by atoms with Gasteiger partial charge in [0.1, 0.15) is 5.82 Å². The van der Waals surface area contributed by atoms with Crippen molar-refractivity contribution in [1.82, 2.24) is 0 Å². The van der Waals surface area contributed by atoms with E-state index >= 15 is 0 Å². The van der Waals surface area contributed by atoms with Crippen LogP contribution in [0.5, 0.6) is 0 Å². The summed E-state index contributed by atoms with van der Waals surface area (Å²) >= 11 is 0. The number of para-hydroxylation sites is 1. The molecule has 20 heavy (non-hydrogen) atoms. The molecule has 2 rings (SSSR count). The molecule has 1 amide bonds. The fourth-order valence-corrected chi connectivity index (χ4v) is 1.87. The highest BCUT2D eigenvalue weighted by atomic mass is 19.1. The van der Waals surface area contributed by atoms with Crippen LogP contribution in [0.25, 0.3) is 6.08 Å².